The van der Waals surface area contributed by atoms with Gasteiger partial charge >= 0.3 is 12.4 Å². The van der Waals surface area contributed by atoms with E-state index in [9.17, 15) is 31.1 Å². The van der Waals surface area contributed by atoms with Crippen molar-refractivity contribution in [2.45, 2.75) is 51.2 Å². The summed E-state index contributed by atoms with van der Waals surface area (Å²) in [5, 5.41) is 0. The maximum Gasteiger partial charge on any atom is 0.416 e. The third kappa shape index (κ3) is 9.56. The Kier molecular flexibility index (Phi) is 12.5. The van der Waals surface area contributed by atoms with Crippen LogP contribution >= 0.6 is 12.4 Å². The fraction of sp³-hybridized carbons (Fsp3) is 0.581. The fourth-order valence-corrected chi connectivity index (χ4v) is 5.80. The van der Waals surface area contributed by atoms with E-state index >= 15 is 0 Å². The Labute approximate surface area is 260 Å². The molecule has 246 valence electrons. The summed E-state index contributed by atoms with van der Waals surface area (Å²) in [4.78, 5) is 19.6. The van der Waals surface area contributed by atoms with Gasteiger partial charge in [-0.3, -0.25) is 14.6 Å². The molecule has 2 fully saturated rings. The molecule has 0 aliphatic carbocycles. The number of carbonyl (C=O) groups excluding carboxylic acids is 1. The van der Waals surface area contributed by atoms with Gasteiger partial charge in [0.15, 0.2) is 0 Å². The number of amides is 1. The second-order valence-electron chi connectivity index (χ2n) is 11.5. The molecular formula is C31H40ClF6N3O3. The Balaban J connectivity index is 0.00000529. The van der Waals surface area contributed by atoms with E-state index in [2.05, 4.69) is 9.80 Å². The van der Waals surface area contributed by atoms with Gasteiger partial charge in [-0.15, -0.1) is 12.4 Å². The summed E-state index contributed by atoms with van der Waals surface area (Å²) in [6.07, 6.45) is -8.73. The largest absolute Gasteiger partial charge is 0.416 e. The maximum absolute atomic E-state index is 13.6. The number of carbonyl (C=O) groups is 1. The molecule has 4 rings (SSSR count). The van der Waals surface area contributed by atoms with Crippen LogP contribution in [0.5, 0.6) is 0 Å². The van der Waals surface area contributed by atoms with Gasteiger partial charge in [0.25, 0.3) is 5.91 Å². The van der Waals surface area contributed by atoms with Crippen LogP contribution in [0, 0.1) is 13.8 Å². The summed E-state index contributed by atoms with van der Waals surface area (Å²) < 4.78 is 92.1. The number of hydrogen-bond donors (Lipinski definition) is 0. The number of alkyl halides is 6. The number of nitrogens with zero attached hydrogens (tertiary/aromatic N) is 3. The van der Waals surface area contributed by atoms with Crippen molar-refractivity contribution in [3.05, 3.63) is 69.8 Å². The molecule has 0 saturated carbocycles. The Morgan fingerprint density at radius 3 is 2.11 bits per heavy atom. The Bertz CT molecular complexity index is 1220. The number of aryl methyl sites for hydroxylation is 2. The van der Waals surface area contributed by atoms with E-state index in [1.54, 1.807) is 7.11 Å². The number of hydrogen-bond acceptors (Lipinski definition) is 5. The highest BCUT2D eigenvalue weighted by atomic mass is 35.5. The van der Waals surface area contributed by atoms with Crippen LogP contribution < -0.4 is 0 Å². The lowest BCUT2D eigenvalue weighted by Gasteiger charge is -2.42. The van der Waals surface area contributed by atoms with Crippen LogP contribution in [-0.2, 0) is 28.2 Å². The van der Waals surface area contributed by atoms with E-state index in [0.717, 1.165) is 49.3 Å². The van der Waals surface area contributed by atoms with Crippen molar-refractivity contribution in [1.82, 2.24) is 14.7 Å². The minimum Gasteiger partial charge on any atom is -0.382 e. The summed E-state index contributed by atoms with van der Waals surface area (Å²) in [5.41, 5.74) is -0.491. The number of methoxy groups -OCH3 is 1. The summed E-state index contributed by atoms with van der Waals surface area (Å²) in [5.74, 6) is -0.831. The third-order valence-electron chi connectivity index (χ3n) is 8.23. The van der Waals surface area contributed by atoms with Gasteiger partial charge in [-0.05, 0) is 74.7 Å². The van der Waals surface area contributed by atoms with Gasteiger partial charge in [0.2, 0.25) is 0 Å². The van der Waals surface area contributed by atoms with Crippen molar-refractivity contribution in [2.24, 2.45) is 0 Å². The molecule has 2 atom stereocenters. The molecule has 0 aromatic heterocycles. The van der Waals surface area contributed by atoms with Gasteiger partial charge in [-0.25, -0.2) is 0 Å². The monoisotopic (exact) mass is 651 g/mol. The van der Waals surface area contributed by atoms with Crippen molar-refractivity contribution >= 4 is 18.3 Å². The predicted octanol–water partition coefficient (Wildman–Crippen LogP) is 5.87. The van der Waals surface area contributed by atoms with E-state index in [0.29, 0.717) is 44.9 Å². The zero-order valence-corrected chi connectivity index (χ0v) is 26.0. The number of halogens is 7. The van der Waals surface area contributed by atoms with Gasteiger partial charge in [-0.1, -0.05) is 18.2 Å². The van der Waals surface area contributed by atoms with Crippen molar-refractivity contribution in [2.75, 3.05) is 66.1 Å². The highest BCUT2D eigenvalue weighted by Crippen LogP contribution is 2.37. The smallest absolute Gasteiger partial charge is 0.382 e. The van der Waals surface area contributed by atoms with Gasteiger partial charge in [-0.2, -0.15) is 26.3 Å². The first-order valence-corrected chi connectivity index (χ1v) is 14.5. The van der Waals surface area contributed by atoms with Gasteiger partial charge in [0.05, 0.1) is 30.4 Å². The molecule has 0 radical (unpaired) electrons. The number of ether oxygens (including phenoxy) is 2. The van der Waals surface area contributed by atoms with E-state index < -0.39 is 41.0 Å². The Morgan fingerprint density at radius 2 is 1.52 bits per heavy atom. The first kappa shape index (κ1) is 36.1. The second kappa shape index (κ2) is 15.3. The lowest BCUT2D eigenvalue weighted by Crippen LogP contribution is -2.56. The van der Waals surface area contributed by atoms with Crippen LogP contribution in [-0.4, -0.2) is 98.9 Å². The van der Waals surface area contributed by atoms with E-state index in [1.807, 2.05) is 32.0 Å². The minimum absolute atomic E-state index is 0. The maximum atomic E-state index is 13.6. The third-order valence-corrected chi connectivity index (χ3v) is 8.23. The molecule has 44 heavy (non-hydrogen) atoms. The molecule has 1 unspecified atom stereocenters. The zero-order chi connectivity index (χ0) is 31.4. The van der Waals surface area contributed by atoms with Crippen molar-refractivity contribution in [3.63, 3.8) is 0 Å². The predicted molar refractivity (Wildman–Crippen MR) is 157 cm³/mol. The van der Waals surface area contributed by atoms with Crippen LogP contribution in [0.2, 0.25) is 0 Å². The van der Waals surface area contributed by atoms with Crippen LogP contribution in [0.25, 0.3) is 0 Å². The van der Waals surface area contributed by atoms with E-state index in [1.165, 1.54) is 4.90 Å². The van der Waals surface area contributed by atoms with Gasteiger partial charge in [0.1, 0.15) is 0 Å². The standard InChI is InChI=1S/C31H39F6N3O3.ClH/c1-21-5-6-23(13-22(21)2)14-27-18-38(7-4-8-39-11-12-43-28(19-39)20-42-3)9-10-40(27)29(41)24-15-25(30(32,33)34)17-26(16-24)31(35,36)37;/h5-6,13,15-17,27-28H,4,7-12,14,18-20H2,1-3H3;1H/t27-,28?;/m1./s1. The Hall–Kier alpha value is -2.38. The number of piperazine rings is 1. The van der Waals surface area contributed by atoms with Crippen LogP contribution in [0.4, 0.5) is 26.3 Å². The van der Waals surface area contributed by atoms with Crippen molar-refractivity contribution < 1.29 is 40.6 Å². The topological polar surface area (TPSA) is 45.2 Å². The molecule has 2 aromatic rings. The molecule has 6 nitrogen and oxygen atoms in total. The molecule has 2 aliphatic rings. The number of benzene rings is 2. The lowest BCUT2D eigenvalue weighted by molar-refractivity contribution is -0.143. The first-order valence-electron chi connectivity index (χ1n) is 14.5. The molecule has 13 heteroatoms. The zero-order valence-electron chi connectivity index (χ0n) is 25.1. The van der Waals surface area contributed by atoms with E-state index in [-0.39, 0.29) is 31.1 Å². The Morgan fingerprint density at radius 1 is 0.886 bits per heavy atom. The van der Waals surface area contributed by atoms with Crippen molar-refractivity contribution in [1.29, 1.82) is 0 Å². The molecule has 0 bridgehead atoms. The average Bonchev–Trinajstić information content (AvgIpc) is 2.94. The molecule has 2 aromatic carbocycles. The lowest BCUT2D eigenvalue weighted by atomic mass is 9.97. The van der Waals surface area contributed by atoms with Crippen molar-refractivity contribution in [3.8, 4) is 0 Å². The molecule has 1 amide bonds. The second-order valence-corrected chi connectivity index (χ2v) is 11.5. The van der Waals surface area contributed by atoms with Gasteiger partial charge < -0.3 is 14.4 Å². The number of rotatable bonds is 9. The normalized spacial score (nSPS) is 20.4. The molecule has 0 N–H and O–H groups in total. The molecule has 2 saturated heterocycles. The highest BCUT2D eigenvalue weighted by molar-refractivity contribution is 5.95. The molecular weight excluding hydrogens is 612 g/mol. The van der Waals surface area contributed by atoms with E-state index in [4.69, 9.17) is 9.47 Å². The summed E-state index contributed by atoms with van der Waals surface area (Å²) in [6, 6.07) is 6.60. The molecule has 2 heterocycles. The van der Waals surface area contributed by atoms with Gasteiger partial charge in [0, 0.05) is 51.4 Å². The average molecular weight is 652 g/mol. The fourth-order valence-electron chi connectivity index (χ4n) is 5.80. The first-order chi connectivity index (χ1) is 20.2. The van der Waals surface area contributed by atoms with Crippen LogP contribution in [0.1, 0.15) is 44.6 Å². The molecule has 0 spiro atoms. The highest BCUT2D eigenvalue weighted by Gasteiger charge is 2.39. The summed E-state index contributed by atoms with van der Waals surface area (Å²) in [7, 11) is 1.64. The number of morpholine rings is 1. The quantitative estimate of drug-likeness (QED) is 0.318. The SMILES string of the molecule is COCC1CN(CCCN2CCN(C(=O)c3cc(C(F)(F)F)cc(C(F)(F)F)c3)[C@H](Cc3ccc(C)c(C)c3)C2)CCO1.Cl. The van der Waals surface area contributed by atoms with Crippen LogP contribution in [0.15, 0.2) is 36.4 Å². The summed E-state index contributed by atoms with van der Waals surface area (Å²) in [6.45, 7) is 9.45. The van der Waals surface area contributed by atoms with Crippen LogP contribution in [0.3, 0.4) is 0 Å². The summed E-state index contributed by atoms with van der Waals surface area (Å²) >= 11 is 0. The minimum atomic E-state index is -5.03. The molecule has 2 aliphatic heterocycles.